The second-order valence-electron chi connectivity index (χ2n) is 3.14. The summed E-state index contributed by atoms with van der Waals surface area (Å²) in [7, 11) is 0. The summed E-state index contributed by atoms with van der Waals surface area (Å²) in [6.07, 6.45) is 2.67. The number of benzene rings is 1. The van der Waals surface area contributed by atoms with E-state index < -0.39 is 11.8 Å². The number of ether oxygens (including phenoxy) is 1. The van der Waals surface area contributed by atoms with E-state index in [1.807, 2.05) is 0 Å². The summed E-state index contributed by atoms with van der Waals surface area (Å²) in [5.74, 6) is -0.924. The summed E-state index contributed by atoms with van der Waals surface area (Å²) < 4.78 is 17.7. The highest BCUT2D eigenvalue weighted by molar-refractivity contribution is 5.87. The maximum atomic E-state index is 13.0. The first-order valence-electron chi connectivity index (χ1n) is 4.91. The maximum absolute atomic E-state index is 13.0. The van der Waals surface area contributed by atoms with Crippen molar-refractivity contribution in [3.05, 3.63) is 41.2 Å². The summed E-state index contributed by atoms with van der Waals surface area (Å²) in [5.41, 5.74) is 0.973. The van der Waals surface area contributed by atoms with Gasteiger partial charge in [0.05, 0.1) is 13.2 Å². The standard InChI is InChI=1S/C12H13FO3/c1-2-16-12(15)4-3-9-5-10(8-14)7-11(13)6-9/h3-7,14H,2,8H2,1H3. The molecule has 0 fully saturated rings. The van der Waals surface area contributed by atoms with Gasteiger partial charge in [-0.2, -0.15) is 0 Å². The number of hydrogen-bond acceptors (Lipinski definition) is 3. The van der Waals surface area contributed by atoms with E-state index in [4.69, 9.17) is 5.11 Å². The Labute approximate surface area is 93.2 Å². The Kier molecular flexibility index (Phi) is 4.66. The maximum Gasteiger partial charge on any atom is 0.330 e. The van der Waals surface area contributed by atoms with E-state index in [1.165, 1.54) is 24.3 Å². The fourth-order valence-corrected chi connectivity index (χ4v) is 1.22. The highest BCUT2D eigenvalue weighted by Gasteiger charge is 1.99. The average molecular weight is 224 g/mol. The minimum absolute atomic E-state index is 0.238. The summed E-state index contributed by atoms with van der Waals surface area (Å²) >= 11 is 0. The predicted molar refractivity (Wildman–Crippen MR) is 58.0 cm³/mol. The minimum atomic E-state index is -0.475. The number of aliphatic hydroxyl groups is 1. The Morgan fingerprint density at radius 3 is 2.88 bits per heavy atom. The topological polar surface area (TPSA) is 46.5 Å². The highest BCUT2D eigenvalue weighted by atomic mass is 19.1. The summed E-state index contributed by atoms with van der Waals surface area (Å²) in [6, 6.07) is 4.11. The second-order valence-corrected chi connectivity index (χ2v) is 3.14. The molecule has 0 heterocycles. The Morgan fingerprint density at radius 1 is 1.50 bits per heavy atom. The number of carbonyl (C=O) groups is 1. The number of aliphatic hydroxyl groups excluding tert-OH is 1. The van der Waals surface area contributed by atoms with Gasteiger partial charge < -0.3 is 9.84 Å². The lowest BCUT2D eigenvalue weighted by Gasteiger charge is -2.00. The zero-order valence-corrected chi connectivity index (χ0v) is 8.94. The first kappa shape index (κ1) is 12.4. The van der Waals surface area contributed by atoms with E-state index in [-0.39, 0.29) is 6.61 Å². The SMILES string of the molecule is CCOC(=O)C=Cc1cc(F)cc(CO)c1. The molecule has 0 saturated heterocycles. The highest BCUT2D eigenvalue weighted by Crippen LogP contribution is 2.11. The fourth-order valence-electron chi connectivity index (χ4n) is 1.22. The van der Waals surface area contributed by atoms with Crippen LogP contribution in [-0.2, 0) is 16.1 Å². The van der Waals surface area contributed by atoms with Crippen molar-refractivity contribution >= 4 is 12.0 Å². The van der Waals surface area contributed by atoms with Gasteiger partial charge in [0.15, 0.2) is 0 Å². The monoisotopic (exact) mass is 224 g/mol. The van der Waals surface area contributed by atoms with Crippen LogP contribution < -0.4 is 0 Å². The second kappa shape index (κ2) is 6.02. The first-order chi connectivity index (χ1) is 7.65. The lowest BCUT2D eigenvalue weighted by atomic mass is 10.1. The van der Waals surface area contributed by atoms with E-state index in [9.17, 15) is 9.18 Å². The molecule has 0 saturated carbocycles. The Hall–Kier alpha value is -1.68. The van der Waals surface area contributed by atoms with Crippen LogP contribution in [0.5, 0.6) is 0 Å². The van der Waals surface area contributed by atoms with E-state index in [0.29, 0.717) is 17.7 Å². The molecule has 1 aromatic carbocycles. The summed E-state index contributed by atoms with van der Waals surface area (Å²) in [5, 5.41) is 8.87. The summed E-state index contributed by atoms with van der Waals surface area (Å²) in [6.45, 7) is 1.77. The molecule has 16 heavy (non-hydrogen) atoms. The van der Waals surface area contributed by atoms with Crippen molar-refractivity contribution in [2.45, 2.75) is 13.5 Å². The Morgan fingerprint density at radius 2 is 2.25 bits per heavy atom. The molecule has 1 aromatic rings. The van der Waals surface area contributed by atoms with Crippen molar-refractivity contribution in [2.24, 2.45) is 0 Å². The largest absolute Gasteiger partial charge is 0.463 e. The van der Waals surface area contributed by atoms with Gasteiger partial charge >= 0.3 is 5.97 Å². The Bertz CT molecular complexity index is 399. The van der Waals surface area contributed by atoms with Crippen LogP contribution >= 0.6 is 0 Å². The van der Waals surface area contributed by atoms with Gasteiger partial charge in [0, 0.05) is 6.08 Å². The molecule has 0 spiro atoms. The third-order valence-corrected chi connectivity index (χ3v) is 1.86. The van der Waals surface area contributed by atoms with Crippen LogP contribution in [0.2, 0.25) is 0 Å². The van der Waals surface area contributed by atoms with Crippen LogP contribution in [0, 0.1) is 5.82 Å². The van der Waals surface area contributed by atoms with Crippen molar-refractivity contribution in [1.29, 1.82) is 0 Å². The van der Waals surface area contributed by atoms with Crippen LogP contribution in [0.3, 0.4) is 0 Å². The van der Waals surface area contributed by atoms with Crippen molar-refractivity contribution in [1.82, 2.24) is 0 Å². The average Bonchev–Trinajstić information content (AvgIpc) is 2.26. The lowest BCUT2D eigenvalue weighted by Crippen LogP contribution is -1.98. The minimum Gasteiger partial charge on any atom is -0.463 e. The van der Waals surface area contributed by atoms with E-state index in [0.717, 1.165) is 0 Å². The van der Waals surface area contributed by atoms with Gasteiger partial charge in [-0.05, 0) is 42.3 Å². The van der Waals surface area contributed by atoms with Crippen LogP contribution in [0.4, 0.5) is 4.39 Å². The molecule has 0 aromatic heterocycles. The lowest BCUT2D eigenvalue weighted by molar-refractivity contribution is -0.137. The molecule has 1 rings (SSSR count). The Balaban J connectivity index is 2.80. The van der Waals surface area contributed by atoms with Gasteiger partial charge in [-0.15, -0.1) is 0 Å². The molecule has 0 unspecified atom stereocenters. The van der Waals surface area contributed by atoms with E-state index >= 15 is 0 Å². The molecule has 86 valence electrons. The summed E-state index contributed by atoms with van der Waals surface area (Å²) in [4.78, 5) is 11.0. The predicted octanol–water partition coefficient (Wildman–Crippen LogP) is 1.89. The van der Waals surface area contributed by atoms with Crippen LogP contribution in [-0.4, -0.2) is 17.7 Å². The smallest absolute Gasteiger partial charge is 0.330 e. The van der Waals surface area contributed by atoms with E-state index in [2.05, 4.69) is 4.74 Å². The molecule has 0 amide bonds. The number of esters is 1. The van der Waals surface area contributed by atoms with Gasteiger partial charge in [-0.3, -0.25) is 0 Å². The van der Waals surface area contributed by atoms with Crippen molar-refractivity contribution < 1.29 is 19.0 Å². The van der Waals surface area contributed by atoms with Crippen molar-refractivity contribution in [2.75, 3.05) is 6.61 Å². The van der Waals surface area contributed by atoms with Crippen molar-refractivity contribution in [3.8, 4) is 0 Å². The van der Waals surface area contributed by atoms with E-state index in [1.54, 1.807) is 13.0 Å². The van der Waals surface area contributed by atoms with Gasteiger partial charge in [-0.1, -0.05) is 0 Å². The van der Waals surface area contributed by atoms with Crippen molar-refractivity contribution in [3.63, 3.8) is 0 Å². The van der Waals surface area contributed by atoms with Crippen LogP contribution in [0.15, 0.2) is 24.3 Å². The molecule has 0 atom stereocenters. The third kappa shape index (κ3) is 3.82. The van der Waals surface area contributed by atoms with Gasteiger partial charge in [0.2, 0.25) is 0 Å². The normalized spacial score (nSPS) is 10.7. The zero-order chi connectivity index (χ0) is 12.0. The molecule has 0 aliphatic heterocycles. The van der Waals surface area contributed by atoms with Gasteiger partial charge in [0.25, 0.3) is 0 Å². The number of carbonyl (C=O) groups excluding carboxylic acids is 1. The molecule has 3 nitrogen and oxygen atoms in total. The molecule has 0 aliphatic rings. The molecule has 4 heteroatoms. The van der Waals surface area contributed by atoms with Gasteiger partial charge in [0.1, 0.15) is 5.82 Å². The molecule has 0 aliphatic carbocycles. The first-order valence-corrected chi connectivity index (χ1v) is 4.91. The number of rotatable bonds is 4. The molecule has 1 N–H and O–H groups in total. The molecular formula is C12H13FO3. The third-order valence-electron chi connectivity index (χ3n) is 1.86. The van der Waals surface area contributed by atoms with Gasteiger partial charge in [-0.25, -0.2) is 9.18 Å². The fraction of sp³-hybridized carbons (Fsp3) is 0.250. The number of halogens is 1. The quantitative estimate of drug-likeness (QED) is 0.627. The van der Waals surface area contributed by atoms with Crippen LogP contribution in [0.1, 0.15) is 18.1 Å². The molecular weight excluding hydrogens is 211 g/mol. The molecule has 0 radical (unpaired) electrons. The number of hydrogen-bond donors (Lipinski definition) is 1. The van der Waals surface area contributed by atoms with Crippen LogP contribution in [0.25, 0.3) is 6.08 Å². The zero-order valence-electron chi connectivity index (χ0n) is 8.94. The molecule has 0 bridgehead atoms.